The first-order valence-electron chi connectivity index (χ1n) is 7.75. The highest BCUT2D eigenvalue weighted by Crippen LogP contribution is 2.36. The topological polar surface area (TPSA) is 95.3 Å². The Balaban J connectivity index is 1.74. The molecule has 0 amide bonds. The second-order valence-electron chi connectivity index (χ2n) is 5.58. The summed E-state index contributed by atoms with van der Waals surface area (Å²) < 4.78 is 0. The molecule has 0 atom stereocenters. The highest BCUT2D eigenvalue weighted by molar-refractivity contribution is 7.21. The molecule has 3 N–H and O–H groups in total. The van der Waals surface area contributed by atoms with Gasteiger partial charge in [-0.15, -0.1) is 11.3 Å². The van der Waals surface area contributed by atoms with Gasteiger partial charge in [-0.2, -0.15) is 0 Å². The van der Waals surface area contributed by atoms with Crippen molar-refractivity contribution in [2.75, 3.05) is 5.32 Å². The Bertz CT molecular complexity index is 1110. The van der Waals surface area contributed by atoms with Crippen LogP contribution in [-0.2, 0) is 0 Å². The van der Waals surface area contributed by atoms with Crippen molar-refractivity contribution in [3.8, 4) is 16.2 Å². The maximum Gasteiger partial charge on any atom is 0.339 e. The van der Waals surface area contributed by atoms with Gasteiger partial charge in [0.1, 0.15) is 28.3 Å². The summed E-state index contributed by atoms with van der Waals surface area (Å²) in [6.45, 7) is 0. The summed E-state index contributed by atoms with van der Waals surface area (Å²) in [5.74, 6) is -0.894. The molecule has 26 heavy (non-hydrogen) atoms. The molecule has 0 aliphatic rings. The number of aromatic carboxylic acids is 1. The molecule has 7 heteroatoms. The molecule has 0 fully saturated rings. The van der Waals surface area contributed by atoms with Crippen molar-refractivity contribution < 1.29 is 15.0 Å². The number of fused-ring (bicyclic) bond motifs is 1. The van der Waals surface area contributed by atoms with Gasteiger partial charge in [-0.1, -0.05) is 30.3 Å². The third-order valence-corrected chi connectivity index (χ3v) is 4.97. The first-order chi connectivity index (χ1) is 12.6. The van der Waals surface area contributed by atoms with E-state index in [1.807, 2.05) is 36.4 Å². The fourth-order valence-electron chi connectivity index (χ4n) is 2.62. The van der Waals surface area contributed by atoms with Crippen LogP contribution in [0.15, 0.2) is 60.9 Å². The number of nitrogens with one attached hydrogen (secondary N) is 1. The van der Waals surface area contributed by atoms with Gasteiger partial charge in [0.05, 0.1) is 5.39 Å². The summed E-state index contributed by atoms with van der Waals surface area (Å²) in [5.41, 5.74) is 1.45. The van der Waals surface area contributed by atoms with Gasteiger partial charge >= 0.3 is 5.97 Å². The third-order valence-electron chi connectivity index (χ3n) is 3.88. The van der Waals surface area contributed by atoms with E-state index < -0.39 is 5.97 Å². The van der Waals surface area contributed by atoms with Crippen LogP contribution < -0.4 is 5.32 Å². The number of rotatable bonds is 4. The lowest BCUT2D eigenvalue weighted by Gasteiger charge is -2.08. The predicted octanol–water partition coefficient (Wildman–Crippen LogP) is 4.51. The van der Waals surface area contributed by atoms with Crippen LogP contribution in [0.2, 0.25) is 0 Å². The molecule has 128 valence electrons. The molecule has 0 bridgehead atoms. The second kappa shape index (κ2) is 6.45. The molecule has 0 radical (unpaired) electrons. The monoisotopic (exact) mass is 363 g/mol. The maximum absolute atomic E-state index is 11.2. The van der Waals surface area contributed by atoms with Gasteiger partial charge < -0.3 is 15.5 Å². The highest BCUT2D eigenvalue weighted by Gasteiger charge is 2.13. The van der Waals surface area contributed by atoms with E-state index in [2.05, 4.69) is 15.3 Å². The van der Waals surface area contributed by atoms with Crippen molar-refractivity contribution in [3.63, 3.8) is 0 Å². The lowest BCUT2D eigenvalue weighted by Crippen LogP contribution is -2.00. The van der Waals surface area contributed by atoms with Crippen molar-refractivity contribution in [3.05, 3.63) is 66.5 Å². The predicted molar refractivity (Wildman–Crippen MR) is 101 cm³/mol. The van der Waals surface area contributed by atoms with Crippen LogP contribution in [0.4, 0.5) is 11.5 Å². The fraction of sp³-hybridized carbons (Fsp3) is 0. The van der Waals surface area contributed by atoms with Crippen LogP contribution in [-0.4, -0.2) is 26.2 Å². The Kier molecular flexibility index (Phi) is 3.98. The average molecular weight is 363 g/mol. The summed E-state index contributed by atoms with van der Waals surface area (Å²) >= 11 is 1.56. The van der Waals surface area contributed by atoms with Crippen LogP contribution in [0, 0.1) is 0 Å². The summed E-state index contributed by atoms with van der Waals surface area (Å²) in [6.07, 6.45) is 1.47. The Morgan fingerprint density at radius 2 is 1.85 bits per heavy atom. The van der Waals surface area contributed by atoms with Crippen molar-refractivity contribution in [2.24, 2.45) is 0 Å². The lowest BCUT2D eigenvalue weighted by molar-refractivity contribution is 0.0694. The quantitative estimate of drug-likeness (QED) is 0.462. The highest BCUT2D eigenvalue weighted by atomic mass is 32.1. The number of aromatic hydroxyl groups is 1. The number of carboxylic acid groups (broad SMARTS) is 1. The number of anilines is 2. The van der Waals surface area contributed by atoms with Crippen LogP contribution in [0.1, 0.15) is 10.4 Å². The van der Waals surface area contributed by atoms with Gasteiger partial charge in [0, 0.05) is 10.6 Å². The first-order valence-corrected chi connectivity index (χ1v) is 8.57. The molecule has 4 rings (SSSR count). The Labute approximate surface area is 152 Å². The molecule has 2 aromatic carbocycles. The maximum atomic E-state index is 11.2. The lowest BCUT2D eigenvalue weighted by atomic mass is 10.1. The largest absolute Gasteiger partial charge is 0.507 e. The van der Waals surface area contributed by atoms with Gasteiger partial charge in [-0.3, -0.25) is 0 Å². The van der Waals surface area contributed by atoms with Crippen LogP contribution in [0.25, 0.3) is 20.7 Å². The minimum atomic E-state index is -1.19. The van der Waals surface area contributed by atoms with E-state index in [-0.39, 0.29) is 11.3 Å². The minimum absolute atomic E-state index is 0.171. The Morgan fingerprint density at radius 3 is 2.62 bits per heavy atom. The molecular weight excluding hydrogens is 350 g/mol. The van der Waals surface area contributed by atoms with Crippen LogP contribution in [0.3, 0.4) is 0 Å². The zero-order valence-electron chi connectivity index (χ0n) is 13.4. The molecule has 4 aromatic rings. The van der Waals surface area contributed by atoms with Crippen molar-refractivity contribution >= 4 is 39.0 Å². The number of thiophene rings is 1. The number of hydrogen-bond donors (Lipinski definition) is 3. The summed E-state index contributed by atoms with van der Waals surface area (Å²) in [5, 5.41) is 22.7. The molecule has 0 aliphatic heterocycles. The normalized spacial score (nSPS) is 10.8. The Hall–Kier alpha value is -3.45. The van der Waals surface area contributed by atoms with Crippen molar-refractivity contribution in [1.82, 2.24) is 9.97 Å². The van der Waals surface area contributed by atoms with Gasteiger partial charge in [-0.05, 0) is 29.8 Å². The molecule has 2 heterocycles. The van der Waals surface area contributed by atoms with E-state index in [1.165, 1.54) is 18.5 Å². The van der Waals surface area contributed by atoms with Gasteiger partial charge in [0.2, 0.25) is 0 Å². The number of aromatic nitrogens is 2. The summed E-state index contributed by atoms with van der Waals surface area (Å²) in [7, 11) is 0. The van der Waals surface area contributed by atoms with Crippen LogP contribution in [0.5, 0.6) is 5.75 Å². The zero-order chi connectivity index (χ0) is 18.1. The van der Waals surface area contributed by atoms with Crippen LogP contribution >= 0.6 is 11.3 Å². The number of hydrogen-bond acceptors (Lipinski definition) is 6. The number of carbonyl (C=O) groups is 1. The van der Waals surface area contributed by atoms with E-state index in [1.54, 1.807) is 17.4 Å². The number of nitrogens with zero attached hydrogens (tertiary/aromatic N) is 2. The SMILES string of the molecule is O=C(O)c1cc(Nc2ncnc3sc(-c4ccccc4)cc23)ccc1O. The van der Waals surface area contributed by atoms with Crippen molar-refractivity contribution in [2.45, 2.75) is 0 Å². The van der Waals surface area contributed by atoms with Crippen molar-refractivity contribution in [1.29, 1.82) is 0 Å². The first kappa shape index (κ1) is 16.0. The smallest absolute Gasteiger partial charge is 0.339 e. The summed E-state index contributed by atoms with van der Waals surface area (Å²) in [4.78, 5) is 21.7. The van der Waals surface area contributed by atoms with Gasteiger partial charge in [0.25, 0.3) is 0 Å². The molecular formula is C19H13N3O3S. The third kappa shape index (κ3) is 2.96. The van der Waals surface area contributed by atoms with Gasteiger partial charge in [-0.25, -0.2) is 14.8 Å². The van der Waals surface area contributed by atoms with E-state index in [0.29, 0.717) is 11.5 Å². The molecule has 6 nitrogen and oxygen atoms in total. The molecule has 0 unspecified atom stereocenters. The molecule has 0 aliphatic carbocycles. The van der Waals surface area contributed by atoms with E-state index in [9.17, 15) is 9.90 Å². The molecule has 0 saturated heterocycles. The Morgan fingerprint density at radius 1 is 1.04 bits per heavy atom. The van der Waals surface area contributed by atoms with E-state index in [0.717, 1.165) is 20.7 Å². The molecule has 2 aromatic heterocycles. The summed E-state index contributed by atoms with van der Waals surface area (Å²) in [6, 6.07) is 16.3. The van der Waals surface area contributed by atoms with Gasteiger partial charge in [0.15, 0.2) is 0 Å². The number of phenols is 1. The average Bonchev–Trinajstić information content (AvgIpc) is 3.09. The minimum Gasteiger partial charge on any atom is -0.507 e. The molecule has 0 spiro atoms. The standard InChI is InChI=1S/C19H13N3O3S/c23-15-7-6-12(8-13(15)19(24)25)22-17-14-9-16(11-4-2-1-3-5-11)26-18(14)21-10-20-17/h1-10,23H,(H,24,25)(H,20,21,22). The number of benzene rings is 2. The van der Waals surface area contributed by atoms with E-state index >= 15 is 0 Å². The second-order valence-corrected chi connectivity index (χ2v) is 6.61. The zero-order valence-corrected chi connectivity index (χ0v) is 14.2. The van der Waals surface area contributed by atoms with E-state index in [4.69, 9.17) is 5.11 Å². The molecule has 0 saturated carbocycles. The fourth-order valence-corrected chi connectivity index (χ4v) is 3.63. The number of carboxylic acids is 1.